The third-order valence-corrected chi connectivity index (χ3v) is 5.53. The molecule has 2 aromatic carbocycles. The third-order valence-electron chi connectivity index (χ3n) is 5.53. The molecule has 166 valence electrons. The van der Waals surface area contributed by atoms with Crippen LogP contribution in [0.15, 0.2) is 59.6 Å². The van der Waals surface area contributed by atoms with Crippen molar-refractivity contribution in [3.05, 3.63) is 71.3 Å². The van der Waals surface area contributed by atoms with E-state index >= 15 is 0 Å². The molecule has 31 heavy (non-hydrogen) atoms. The number of nitrogens with zero attached hydrogens (tertiary/aromatic N) is 2. The zero-order valence-electron chi connectivity index (χ0n) is 18.4. The van der Waals surface area contributed by atoms with Crippen LogP contribution in [0.4, 0.5) is 0 Å². The van der Waals surface area contributed by atoms with E-state index in [0.717, 1.165) is 49.6 Å². The monoisotopic (exact) mass is 422 g/mol. The lowest BCUT2D eigenvalue weighted by molar-refractivity contribution is -0.119. The van der Waals surface area contributed by atoms with Crippen molar-refractivity contribution in [3.8, 4) is 0 Å². The highest BCUT2D eigenvalue weighted by Crippen LogP contribution is 2.20. The van der Waals surface area contributed by atoms with Crippen LogP contribution in [-0.2, 0) is 29.3 Å². The molecule has 0 aromatic heterocycles. The zero-order valence-corrected chi connectivity index (χ0v) is 18.4. The number of likely N-dealkylation sites (tertiary alicyclic amines) is 1. The fourth-order valence-electron chi connectivity index (χ4n) is 4.00. The molecular weight excluding hydrogens is 388 g/mol. The second-order valence-electron chi connectivity index (χ2n) is 8.04. The first-order chi connectivity index (χ1) is 15.2. The van der Waals surface area contributed by atoms with Crippen molar-refractivity contribution < 1.29 is 9.53 Å². The topological polar surface area (TPSA) is 80.0 Å². The Hall–Kier alpha value is -2.86. The molecule has 0 aliphatic carbocycles. The number of primary amides is 1. The summed E-state index contributed by atoms with van der Waals surface area (Å²) in [5.41, 5.74) is 8.91. The fraction of sp³-hybridized carbons (Fsp3) is 0.440. The van der Waals surface area contributed by atoms with E-state index in [0.29, 0.717) is 32.1 Å². The summed E-state index contributed by atoms with van der Waals surface area (Å²) in [5.74, 6) is 0.976. The number of nitrogens with one attached hydrogen (secondary N) is 1. The number of rotatable bonds is 9. The van der Waals surface area contributed by atoms with Gasteiger partial charge in [-0.05, 0) is 42.4 Å². The normalized spacial score (nSPS) is 16.9. The summed E-state index contributed by atoms with van der Waals surface area (Å²) in [6, 6.07) is 18.5. The van der Waals surface area contributed by atoms with E-state index in [2.05, 4.69) is 41.4 Å². The molecule has 0 spiro atoms. The molecule has 2 aromatic rings. The first-order valence-electron chi connectivity index (χ1n) is 11.2. The third kappa shape index (κ3) is 7.40. The minimum Gasteiger partial charge on any atom is -0.372 e. The molecule has 1 heterocycles. The Balaban J connectivity index is 1.63. The highest BCUT2D eigenvalue weighted by atomic mass is 16.5. The van der Waals surface area contributed by atoms with E-state index in [-0.39, 0.29) is 5.91 Å². The summed E-state index contributed by atoms with van der Waals surface area (Å²) in [7, 11) is 0. The number of piperidine rings is 1. The first kappa shape index (κ1) is 22.8. The van der Waals surface area contributed by atoms with E-state index in [1.807, 2.05) is 30.3 Å². The van der Waals surface area contributed by atoms with Gasteiger partial charge in [-0.1, -0.05) is 54.6 Å². The van der Waals surface area contributed by atoms with E-state index in [1.165, 1.54) is 5.56 Å². The highest BCUT2D eigenvalue weighted by Gasteiger charge is 2.23. The standard InChI is InChI=1S/C25H34N4O2/c1-2-27-25(29-14-8-11-21(17-29)15-24(26)30)28-16-22-12-6-7-13-23(22)19-31-18-20-9-4-3-5-10-20/h3-7,9-10,12-13,21H,2,8,11,14-19H2,1H3,(H2,26,30)(H,27,28). The maximum absolute atomic E-state index is 11.3. The molecule has 1 aliphatic heterocycles. The van der Waals surface area contributed by atoms with Gasteiger partial charge in [0.25, 0.3) is 0 Å². The predicted octanol–water partition coefficient (Wildman–Crippen LogP) is 3.46. The average Bonchev–Trinajstić information content (AvgIpc) is 2.78. The highest BCUT2D eigenvalue weighted by molar-refractivity contribution is 5.80. The van der Waals surface area contributed by atoms with Crippen LogP contribution in [0, 0.1) is 5.92 Å². The van der Waals surface area contributed by atoms with Gasteiger partial charge in [0.2, 0.25) is 5.91 Å². The predicted molar refractivity (Wildman–Crippen MR) is 124 cm³/mol. The second kappa shape index (κ2) is 12.1. The molecule has 1 saturated heterocycles. The Morgan fingerprint density at radius 3 is 2.61 bits per heavy atom. The molecule has 1 fully saturated rings. The van der Waals surface area contributed by atoms with Crippen LogP contribution in [-0.4, -0.2) is 36.4 Å². The van der Waals surface area contributed by atoms with E-state index in [9.17, 15) is 4.79 Å². The summed E-state index contributed by atoms with van der Waals surface area (Å²) in [5, 5.41) is 3.41. The van der Waals surface area contributed by atoms with Crippen LogP contribution in [0.25, 0.3) is 0 Å². The lowest BCUT2D eigenvalue weighted by Gasteiger charge is -2.34. The molecule has 6 nitrogen and oxygen atoms in total. The van der Waals surface area contributed by atoms with Gasteiger partial charge in [0.15, 0.2) is 5.96 Å². The Kier molecular flexibility index (Phi) is 8.91. The van der Waals surface area contributed by atoms with Crippen molar-refractivity contribution in [2.24, 2.45) is 16.6 Å². The number of carbonyl (C=O) groups is 1. The van der Waals surface area contributed by atoms with E-state index in [1.54, 1.807) is 0 Å². The summed E-state index contributed by atoms with van der Waals surface area (Å²) < 4.78 is 5.95. The van der Waals surface area contributed by atoms with Crippen LogP contribution >= 0.6 is 0 Å². The molecule has 1 aliphatic rings. The molecule has 0 bridgehead atoms. The molecule has 3 rings (SSSR count). The summed E-state index contributed by atoms with van der Waals surface area (Å²) in [4.78, 5) is 18.5. The molecule has 6 heteroatoms. The Bertz CT molecular complexity index is 854. The minimum absolute atomic E-state index is 0.224. The average molecular weight is 423 g/mol. The minimum atomic E-state index is -0.224. The number of carbonyl (C=O) groups excluding carboxylic acids is 1. The summed E-state index contributed by atoms with van der Waals surface area (Å²) in [6.45, 7) is 6.38. The van der Waals surface area contributed by atoms with Gasteiger partial charge in [-0.25, -0.2) is 4.99 Å². The second-order valence-corrected chi connectivity index (χ2v) is 8.04. The Morgan fingerprint density at radius 2 is 1.87 bits per heavy atom. The van der Waals surface area contributed by atoms with Crippen LogP contribution in [0.2, 0.25) is 0 Å². The van der Waals surface area contributed by atoms with Crippen molar-refractivity contribution in [2.75, 3.05) is 19.6 Å². The van der Waals surface area contributed by atoms with Gasteiger partial charge in [-0.2, -0.15) is 0 Å². The van der Waals surface area contributed by atoms with Crippen molar-refractivity contribution >= 4 is 11.9 Å². The van der Waals surface area contributed by atoms with Gasteiger partial charge in [-0.15, -0.1) is 0 Å². The van der Waals surface area contributed by atoms with Gasteiger partial charge in [0.05, 0.1) is 19.8 Å². The maximum atomic E-state index is 11.3. The van der Waals surface area contributed by atoms with Crippen molar-refractivity contribution in [2.45, 2.75) is 45.9 Å². The number of hydrogen-bond acceptors (Lipinski definition) is 3. The first-order valence-corrected chi connectivity index (χ1v) is 11.2. The SMILES string of the molecule is CCNC(=NCc1ccccc1COCc1ccccc1)N1CCCC(CC(N)=O)C1. The molecule has 3 N–H and O–H groups in total. The number of amides is 1. The number of benzene rings is 2. The van der Waals surface area contributed by atoms with Crippen LogP contribution in [0.5, 0.6) is 0 Å². The summed E-state index contributed by atoms with van der Waals surface area (Å²) in [6.07, 6.45) is 2.53. The largest absolute Gasteiger partial charge is 0.372 e. The Morgan fingerprint density at radius 1 is 1.13 bits per heavy atom. The van der Waals surface area contributed by atoms with E-state index in [4.69, 9.17) is 15.5 Å². The maximum Gasteiger partial charge on any atom is 0.217 e. The lowest BCUT2D eigenvalue weighted by atomic mass is 9.95. The smallest absolute Gasteiger partial charge is 0.217 e. The van der Waals surface area contributed by atoms with Crippen LogP contribution in [0.3, 0.4) is 0 Å². The van der Waals surface area contributed by atoms with Gasteiger partial charge < -0.3 is 20.7 Å². The van der Waals surface area contributed by atoms with Crippen LogP contribution in [0.1, 0.15) is 42.9 Å². The molecule has 0 radical (unpaired) electrons. The number of ether oxygens (including phenoxy) is 1. The Labute approximate surface area is 185 Å². The van der Waals surface area contributed by atoms with Crippen molar-refractivity contribution in [1.82, 2.24) is 10.2 Å². The van der Waals surface area contributed by atoms with Crippen molar-refractivity contribution in [1.29, 1.82) is 0 Å². The molecular formula is C25H34N4O2. The van der Waals surface area contributed by atoms with E-state index < -0.39 is 0 Å². The lowest BCUT2D eigenvalue weighted by Crippen LogP contribution is -2.47. The van der Waals surface area contributed by atoms with Gasteiger partial charge in [0.1, 0.15) is 0 Å². The van der Waals surface area contributed by atoms with Crippen LogP contribution < -0.4 is 11.1 Å². The molecule has 0 saturated carbocycles. The molecule has 1 amide bonds. The quantitative estimate of drug-likeness (QED) is 0.479. The molecule has 1 unspecified atom stereocenters. The van der Waals surface area contributed by atoms with Gasteiger partial charge in [-0.3, -0.25) is 4.79 Å². The molecule has 1 atom stereocenters. The zero-order chi connectivity index (χ0) is 21.9. The fourth-order valence-corrected chi connectivity index (χ4v) is 4.00. The number of aliphatic imine (C=N–C) groups is 1. The van der Waals surface area contributed by atoms with Crippen molar-refractivity contribution in [3.63, 3.8) is 0 Å². The summed E-state index contributed by atoms with van der Waals surface area (Å²) >= 11 is 0. The number of hydrogen-bond donors (Lipinski definition) is 2. The number of guanidine groups is 1. The van der Waals surface area contributed by atoms with Gasteiger partial charge >= 0.3 is 0 Å². The number of nitrogens with two attached hydrogens (primary N) is 1. The van der Waals surface area contributed by atoms with Gasteiger partial charge in [0, 0.05) is 26.1 Å².